The summed E-state index contributed by atoms with van der Waals surface area (Å²) in [5.74, 6) is 0.808. The fraction of sp³-hybridized carbons (Fsp3) is 1.00. The molecule has 0 amide bonds. The van der Waals surface area contributed by atoms with Crippen LogP contribution in [0.2, 0.25) is 0 Å². The van der Waals surface area contributed by atoms with Gasteiger partial charge >= 0.3 is 0 Å². The van der Waals surface area contributed by atoms with Crippen LogP contribution in [0, 0.1) is 5.92 Å². The molecule has 0 aromatic heterocycles. The lowest BCUT2D eigenvalue weighted by molar-refractivity contribution is -0.0457. The first-order valence-electron chi connectivity index (χ1n) is 3.91. The van der Waals surface area contributed by atoms with Crippen molar-refractivity contribution in [2.75, 3.05) is 14.2 Å². The topological polar surface area (TPSA) is 18.5 Å². The molecule has 2 nitrogen and oxygen atoms in total. The van der Waals surface area contributed by atoms with Gasteiger partial charge in [-0.15, -0.1) is 0 Å². The number of methoxy groups -OCH3 is 2. The normalized spacial score (nSPS) is 51.0. The first kappa shape index (κ1) is 6.62. The first-order valence-corrected chi connectivity index (χ1v) is 3.91. The Morgan fingerprint density at radius 2 is 2.10 bits per heavy atom. The molecule has 3 unspecified atom stereocenters. The van der Waals surface area contributed by atoms with E-state index in [0.717, 1.165) is 5.92 Å². The smallest absolute Gasteiger partial charge is 0.0971 e. The summed E-state index contributed by atoms with van der Waals surface area (Å²) in [7, 11) is 3.59. The van der Waals surface area contributed by atoms with Crippen LogP contribution >= 0.6 is 0 Å². The zero-order valence-corrected chi connectivity index (χ0v) is 6.59. The summed E-state index contributed by atoms with van der Waals surface area (Å²) < 4.78 is 10.8. The van der Waals surface area contributed by atoms with Gasteiger partial charge in [-0.25, -0.2) is 0 Å². The Hall–Kier alpha value is -0.0800. The van der Waals surface area contributed by atoms with Crippen LogP contribution in [0.5, 0.6) is 0 Å². The van der Waals surface area contributed by atoms with Gasteiger partial charge in [0, 0.05) is 14.2 Å². The Kier molecular flexibility index (Phi) is 1.29. The molecule has 0 aromatic rings. The third kappa shape index (κ3) is 0.611. The molecule has 0 saturated heterocycles. The Bertz CT molecular complexity index is 142. The summed E-state index contributed by atoms with van der Waals surface area (Å²) in [6, 6.07) is 0. The molecule has 3 atom stereocenters. The minimum atomic E-state index is 0.148. The third-order valence-electron chi connectivity index (χ3n) is 3.08. The summed E-state index contributed by atoms with van der Waals surface area (Å²) >= 11 is 0. The lowest BCUT2D eigenvalue weighted by Gasteiger charge is -2.19. The van der Waals surface area contributed by atoms with Gasteiger partial charge in [0.15, 0.2) is 0 Å². The van der Waals surface area contributed by atoms with E-state index >= 15 is 0 Å². The van der Waals surface area contributed by atoms with Crippen LogP contribution in [0.15, 0.2) is 0 Å². The molecular formula is C8H14O2. The molecule has 0 radical (unpaired) electrons. The molecule has 2 heteroatoms. The summed E-state index contributed by atoms with van der Waals surface area (Å²) in [5.41, 5.74) is 0.148. The number of hydrogen-bond donors (Lipinski definition) is 0. The van der Waals surface area contributed by atoms with E-state index < -0.39 is 0 Å². The molecular weight excluding hydrogens is 128 g/mol. The minimum Gasteiger partial charge on any atom is -0.378 e. The van der Waals surface area contributed by atoms with E-state index in [1.807, 2.05) is 0 Å². The highest BCUT2D eigenvalue weighted by Crippen LogP contribution is 2.58. The van der Waals surface area contributed by atoms with Crippen molar-refractivity contribution >= 4 is 0 Å². The lowest BCUT2D eigenvalue weighted by Crippen LogP contribution is -2.29. The van der Waals surface area contributed by atoms with Crippen molar-refractivity contribution in [1.29, 1.82) is 0 Å². The Balaban J connectivity index is 2.09. The quantitative estimate of drug-likeness (QED) is 0.576. The largest absolute Gasteiger partial charge is 0.378 e. The molecule has 2 aliphatic rings. The monoisotopic (exact) mass is 142 g/mol. The highest BCUT2D eigenvalue weighted by atomic mass is 16.5. The van der Waals surface area contributed by atoms with Crippen LogP contribution in [-0.2, 0) is 9.47 Å². The predicted octanol–water partition coefficient (Wildman–Crippen LogP) is 1.20. The molecule has 0 N–H and O–H groups in total. The molecule has 0 heterocycles. The van der Waals surface area contributed by atoms with Crippen LogP contribution in [-0.4, -0.2) is 25.9 Å². The lowest BCUT2D eigenvalue weighted by atomic mass is 10.2. The van der Waals surface area contributed by atoms with Gasteiger partial charge < -0.3 is 9.47 Å². The number of rotatable bonds is 2. The van der Waals surface area contributed by atoms with Crippen LogP contribution in [0.3, 0.4) is 0 Å². The Morgan fingerprint density at radius 1 is 1.30 bits per heavy atom. The van der Waals surface area contributed by atoms with E-state index in [1.54, 1.807) is 14.2 Å². The van der Waals surface area contributed by atoms with E-state index in [4.69, 9.17) is 9.47 Å². The SMILES string of the molecule is COC1CCC2CC21OC. The molecule has 0 aliphatic heterocycles. The maximum absolute atomic E-state index is 5.45. The van der Waals surface area contributed by atoms with Crippen molar-refractivity contribution in [2.24, 2.45) is 5.92 Å². The highest BCUT2D eigenvalue weighted by Gasteiger charge is 2.64. The number of hydrogen-bond acceptors (Lipinski definition) is 2. The van der Waals surface area contributed by atoms with Crippen LogP contribution in [0.1, 0.15) is 19.3 Å². The van der Waals surface area contributed by atoms with Gasteiger partial charge in [0.2, 0.25) is 0 Å². The predicted molar refractivity (Wildman–Crippen MR) is 37.9 cm³/mol. The van der Waals surface area contributed by atoms with Crippen molar-refractivity contribution in [3.05, 3.63) is 0 Å². The average molecular weight is 142 g/mol. The van der Waals surface area contributed by atoms with Gasteiger partial charge in [-0.1, -0.05) is 0 Å². The number of ether oxygens (including phenoxy) is 2. The van der Waals surface area contributed by atoms with Gasteiger partial charge in [-0.3, -0.25) is 0 Å². The Labute approximate surface area is 61.5 Å². The van der Waals surface area contributed by atoms with Crippen molar-refractivity contribution in [2.45, 2.75) is 31.0 Å². The third-order valence-corrected chi connectivity index (χ3v) is 3.08. The van der Waals surface area contributed by atoms with Gasteiger partial charge in [-0.05, 0) is 25.2 Å². The number of fused-ring (bicyclic) bond motifs is 1. The minimum absolute atomic E-state index is 0.148. The molecule has 0 spiro atoms. The maximum atomic E-state index is 5.45. The van der Waals surface area contributed by atoms with Crippen molar-refractivity contribution in [3.63, 3.8) is 0 Å². The van der Waals surface area contributed by atoms with E-state index in [9.17, 15) is 0 Å². The molecule has 0 bridgehead atoms. The van der Waals surface area contributed by atoms with E-state index in [0.29, 0.717) is 6.10 Å². The molecule has 2 saturated carbocycles. The van der Waals surface area contributed by atoms with E-state index in [-0.39, 0.29) is 5.60 Å². The zero-order chi connectivity index (χ0) is 7.19. The second-order valence-corrected chi connectivity index (χ2v) is 3.36. The fourth-order valence-electron chi connectivity index (χ4n) is 2.36. The van der Waals surface area contributed by atoms with Crippen molar-refractivity contribution in [1.82, 2.24) is 0 Å². The summed E-state index contributed by atoms with van der Waals surface area (Å²) in [6.07, 6.45) is 4.09. The van der Waals surface area contributed by atoms with Crippen molar-refractivity contribution < 1.29 is 9.47 Å². The summed E-state index contributed by atoms with van der Waals surface area (Å²) in [4.78, 5) is 0. The van der Waals surface area contributed by atoms with E-state index in [1.165, 1.54) is 19.3 Å². The standard InChI is InChI=1S/C8H14O2/c1-9-7-4-3-6-5-8(6,7)10-2/h6-7H,3-5H2,1-2H3. The van der Waals surface area contributed by atoms with Gasteiger partial charge in [0.1, 0.15) is 0 Å². The van der Waals surface area contributed by atoms with Crippen molar-refractivity contribution in [3.8, 4) is 0 Å². The second-order valence-electron chi connectivity index (χ2n) is 3.36. The van der Waals surface area contributed by atoms with E-state index in [2.05, 4.69) is 0 Å². The summed E-state index contributed by atoms with van der Waals surface area (Å²) in [6.45, 7) is 0. The highest BCUT2D eigenvalue weighted by molar-refractivity contribution is 5.15. The Morgan fingerprint density at radius 3 is 2.50 bits per heavy atom. The molecule has 2 fully saturated rings. The molecule has 2 rings (SSSR count). The molecule has 10 heavy (non-hydrogen) atoms. The van der Waals surface area contributed by atoms with Crippen LogP contribution in [0.4, 0.5) is 0 Å². The fourth-order valence-corrected chi connectivity index (χ4v) is 2.36. The zero-order valence-electron chi connectivity index (χ0n) is 6.59. The maximum Gasteiger partial charge on any atom is 0.0971 e. The van der Waals surface area contributed by atoms with Crippen LogP contribution in [0.25, 0.3) is 0 Å². The van der Waals surface area contributed by atoms with Crippen LogP contribution < -0.4 is 0 Å². The first-order chi connectivity index (χ1) is 4.83. The second kappa shape index (κ2) is 1.95. The summed E-state index contributed by atoms with van der Waals surface area (Å²) in [5, 5.41) is 0. The van der Waals surface area contributed by atoms with Gasteiger partial charge in [0.25, 0.3) is 0 Å². The van der Waals surface area contributed by atoms with Gasteiger partial charge in [0.05, 0.1) is 11.7 Å². The van der Waals surface area contributed by atoms with Gasteiger partial charge in [-0.2, -0.15) is 0 Å². The molecule has 58 valence electrons. The molecule has 0 aromatic carbocycles. The molecule has 2 aliphatic carbocycles. The average Bonchev–Trinajstić information content (AvgIpc) is 2.60.